The van der Waals surface area contributed by atoms with Gasteiger partial charge in [0.2, 0.25) is 0 Å². The molecule has 0 aliphatic carbocycles. The fourth-order valence-corrected chi connectivity index (χ4v) is 2.64. The highest BCUT2D eigenvalue weighted by Crippen LogP contribution is 2.18. The van der Waals surface area contributed by atoms with Gasteiger partial charge >= 0.3 is 0 Å². The standard InChI is InChI=1S/C24H19FN2O2/c1-17-8-10-22(11-9-17)27-24(28)20(15-26)12-18-4-3-7-23(14-18)29-16-19-5-2-6-21(25)13-19/h2-14H,16H2,1H3,(H,27,28)/b20-12-. The quantitative estimate of drug-likeness (QED) is 0.464. The molecule has 4 nitrogen and oxygen atoms in total. The van der Waals surface area contributed by atoms with Crippen molar-refractivity contribution in [1.82, 2.24) is 0 Å². The predicted octanol–water partition coefficient (Wildman–Crippen LogP) is 5.26. The summed E-state index contributed by atoms with van der Waals surface area (Å²) in [5.41, 5.74) is 3.04. The number of carbonyl (C=O) groups is 1. The molecule has 0 spiro atoms. The van der Waals surface area contributed by atoms with E-state index in [0.717, 1.165) is 5.56 Å². The first-order valence-corrected chi connectivity index (χ1v) is 9.00. The second-order valence-corrected chi connectivity index (χ2v) is 6.48. The lowest BCUT2D eigenvalue weighted by Gasteiger charge is -2.08. The number of ether oxygens (including phenoxy) is 1. The first-order valence-electron chi connectivity index (χ1n) is 9.00. The molecule has 0 fully saturated rings. The number of amides is 1. The van der Waals surface area contributed by atoms with E-state index in [9.17, 15) is 14.4 Å². The Bertz CT molecular complexity index is 1080. The van der Waals surface area contributed by atoms with Gasteiger partial charge in [0.05, 0.1) is 0 Å². The Kier molecular flexibility index (Phi) is 6.39. The molecule has 3 aromatic rings. The summed E-state index contributed by atoms with van der Waals surface area (Å²) in [6.45, 7) is 2.17. The third-order valence-corrected chi connectivity index (χ3v) is 4.14. The molecule has 0 unspecified atom stereocenters. The van der Waals surface area contributed by atoms with Gasteiger partial charge in [-0.15, -0.1) is 0 Å². The van der Waals surface area contributed by atoms with Crippen molar-refractivity contribution in [2.75, 3.05) is 5.32 Å². The largest absolute Gasteiger partial charge is 0.489 e. The van der Waals surface area contributed by atoms with Gasteiger partial charge in [-0.05, 0) is 60.5 Å². The van der Waals surface area contributed by atoms with Gasteiger partial charge in [-0.25, -0.2) is 4.39 Å². The Morgan fingerprint density at radius 1 is 1.10 bits per heavy atom. The first kappa shape index (κ1) is 19.8. The number of hydrogen-bond donors (Lipinski definition) is 1. The van der Waals surface area contributed by atoms with Gasteiger partial charge in [-0.1, -0.05) is 42.0 Å². The highest BCUT2D eigenvalue weighted by Gasteiger charge is 2.10. The topological polar surface area (TPSA) is 62.1 Å². The average molecular weight is 386 g/mol. The number of nitrogens with one attached hydrogen (secondary N) is 1. The fourth-order valence-electron chi connectivity index (χ4n) is 2.64. The number of nitrogens with zero attached hydrogens (tertiary/aromatic N) is 1. The van der Waals surface area contributed by atoms with Crippen molar-refractivity contribution in [2.45, 2.75) is 13.5 Å². The van der Waals surface area contributed by atoms with Gasteiger partial charge in [-0.3, -0.25) is 4.79 Å². The number of anilines is 1. The van der Waals surface area contributed by atoms with Crippen LogP contribution in [0.15, 0.2) is 78.4 Å². The molecule has 0 heterocycles. The van der Waals surface area contributed by atoms with Crippen molar-refractivity contribution in [3.05, 3.63) is 101 Å². The highest BCUT2D eigenvalue weighted by molar-refractivity contribution is 6.09. The lowest BCUT2D eigenvalue weighted by atomic mass is 10.1. The van der Waals surface area contributed by atoms with E-state index in [1.807, 2.05) is 25.1 Å². The number of hydrogen-bond acceptors (Lipinski definition) is 3. The smallest absolute Gasteiger partial charge is 0.266 e. The van der Waals surface area contributed by atoms with Gasteiger partial charge in [0.1, 0.15) is 29.8 Å². The molecule has 0 aliphatic rings. The van der Waals surface area contributed by atoms with Gasteiger partial charge < -0.3 is 10.1 Å². The molecule has 5 heteroatoms. The number of carbonyl (C=O) groups excluding carboxylic acids is 1. The van der Waals surface area contributed by atoms with Gasteiger partial charge in [0.25, 0.3) is 5.91 Å². The minimum Gasteiger partial charge on any atom is -0.489 e. The molecular weight excluding hydrogens is 367 g/mol. The van der Waals surface area contributed by atoms with E-state index in [-0.39, 0.29) is 18.0 Å². The van der Waals surface area contributed by atoms with E-state index < -0.39 is 5.91 Å². The van der Waals surface area contributed by atoms with Crippen LogP contribution in [0.2, 0.25) is 0 Å². The van der Waals surface area contributed by atoms with Crippen LogP contribution in [-0.2, 0) is 11.4 Å². The molecule has 0 aliphatic heterocycles. The summed E-state index contributed by atoms with van der Waals surface area (Å²) in [5, 5.41) is 12.1. The van der Waals surface area contributed by atoms with Crippen LogP contribution in [0.3, 0.4) is 0 Å². The third-order valence-electron chi connectivity index (χ3n) is 4.14. The molecule has 1 N–H and O–H groups in total. The van der Waals surface area contributed by atoms with Crippen LogP contribution in [0.5, 0.6) is 5.75 Å². The van der Waals surface area contributed by atoms with Crippen molar-refractivity contribution in [2.24, 2.45) is 0 Å². The van der Waals surface area contributed by atoms with Crippen LogP contribution in [-0.4, -0.2) is 5.91 Å². The van der Waals surface area contributed by atoms with Gasteiger partial charge in [0, 0.05) is 5.69 Å². The summed E-state index contributed by atoms with van der Waals surface area (Å²) in [5.74, 6) is -0.247. The predicted molar refractivity (Wildman–Crippen MR) is 111 cm³/mol. The minimum absolute atomic E-state index is 0.0205. The number of nitriles is 1. The SMILES string of the molecule is Cc1ccc(NC(=O)/C(C#N)=C\c2cccc(OCc3cccc(F)c3)c2)cc1. The molecule has 0 saturated heterocycles. The van der Waals surface area contributed by atoms with E-state index in [0.29, 0.717) is 22.6 Å². The molecule has 0 radical (unpaired) electrons. The summed E-state index contributed by atoms with van der Waals surface area (Å²) < 4.78 is 19.0. The Morgan fingerprint density at radius 3 is 2.59 bits per heavy atom. The Morgan fingerprint density at radius 2 is 1.86 bits per heavy atom. The van der Waals surface area contributed by atoms with Crippen LogP contribution < -0.4 is 10.1 Å². The van der Waals surface area contributed by atoms with Gasteiger partial charge in [0.15, 0.2) is 0 Å². The molecule has 3 aromatic carbocycles. The molecule has 0 saturated carbocycles. The van der Waals surface area contributed by atoms with E-state index in [1.165, 1.54) is 18.2 Å². The van der Waals surface area contributed by atoms with E-state index >= 15 is 0 Å². The first-order chi connectivity index (χ1) is 14.0. The van der Waals surface area contributed by atoms with Crippen molar-refractivity contribution in [3.63, 3.8) is 0 Å². The second kappa shape index (κ2) is 9.34. The van der Waals surface area contributed by atoms with Crippen molar-refractivity contribution >= 4 is 17.7 Å². The maximum Gasteiger partial charge on any atom is 0.266 e. The number of halogens is 1. The summed E-state index contributed by atoms with van der Waals surface area (Å²) >= 11 is 0. The zero-order valence-corrected chi connectivity index (χ0v) is 15.9. The van der Waals surface area contributed by atoms with Crippen molar-refractivity contribution < 1.29 is 13.9 Å². The monoisotopic (exact) mass is 386 g/mol. The maximum absolute atomic E-state index is 13.3. The third kappa shape index (κ3) is 5.78. The van der Waals surface area contributed by atoms with E-state index in [2.05, 4.69) is 5.32 Å². The molecule has 1 amide bonds. The minimum atomic E-state index is -0.484. The summed E-state index contributed by atoms with van der Waals surface area (Å²) in [7, 11) is 0. The molecule has 0 bridgehead atoms. The van der Waals surface area contributed by atoms with Crippen LogP contribution in [0.4, 0.5) is 10.1 Å². The van der Waals surface area contributed by atoms with E-state index in [1.54, 1.807) is 48.5 Å². The fraction of sp³-hybridized carbons (Fsp3) is 0.0833. The van der Waals surface area contributed by atoms with Gasteiger partial charge in [-0.2, -0.15) is 5.26 Å². The summed E-state index contributed by atoms with van der Waals surface area (Å²) in [6.07, 6.45) is 1.50. The second-order valence-electron chi connectivity index (χ2n) is 6.48. The molecular formula is C24H19FN2O2. The number of rotatable bonds is 6. The Labute approximate surface area is 168 Å². The molecule has 0 atom stereocenters. The lowest BCUT2D eigenvalue weighted by Crippen LogP contribution is -2.13. The molecule has 0 aromatic heterocycles. The summed E-state index contributed by atoms with van der Waals surface area (Å²) in [4.78, 5) is 12.4. The molecule has 29 heavy (non-hydrogen) atoms. The Balaban J connectivity index is 1.70. The van der Waals surface area contributed by atoms with Crippen LogP contribution in [0, 0.1) is 24.1 Å². The number of benzene rings is 3. The maximum atomic E-state index is 13.3. The van der Waals surface area contributed by atoms with E-state index in [4.69, 9.17) is 4.74 Å². The lowest BCUT2D eigenvalue weighted by molar-refractivity contribution is -0.112. The van der Waals surface area contributed by atoms with Crippen molar-refractivity contribution in [3.8, 4) is 11.8 Å². The zero-order valence-electron chi connectivity index (χ0n) is 15.9. The van der Waals surface area contributed by atoms with Crippen LogP contribution in [0.1, 0.15) is 16.7 Å². The van der Waals surface area contributed by atoms with Crippen LogP contribution >= 0.6 is 0 Å². The summed E-state index contributed by atoms with van der Waals surface area (Å²) in [6, 6.07) is 22.4. The highest BCUT2D eigenvalue weighted by atomic mass is 19.1. The molecule has 144 valence electrons. The average Bonchev–Trinajstić information content (AvgIpc) is 2.72. The van der Waals surface area contributed by atoms with Crippen LogP contribution in [0.25, 0.3) is 6.08 Å². The Hall–Kier alpha value is -3.91. The number of aryl methyl sites for hydroxylation is 1. The molecule has 3 rings (SSSR count). The zero-order chi connectivity index (χ0) is 20.6. The normalized spacial score (nSPS) is 10.9. The van der Waals surface area contributed by atoms with Crippen molar-refractivity contribution in [1.29, 1.82) is 5.26 Å².